The first-order valence-corrected chi connectivity index (χ1v) is 12.7. The highest BCUT2D eigenvalue weighted by molar-refractivity contribution is 5.44. The zero-order valence-corrected chi connectivity index (χ0v) is 21.7. The van der Waals surface area contributed by atoms with Gasteiger partial charge in [0.2, 0.25) is 0 Å². The van der Waals surface area contributed by atoms with Gasteiger partial charge in [0.05, 0.1) is 6.61 Å². The molecule has 0 fully saturated rings. The van der Waals surface area contributed by atoms with E-state index in [4.69, 9.17) is 19.7 Å². The average molecular weight is 498 g/mol. The van der Waals surface area contributed by atoms with Crippen LogP contribution in [0.25, 0.3) is 0 Å². The number of nitrogens with zero attached hydrogens (tertiary/aromatic N) is 1. The largest absolute Gasteiger partial charge is 0.508 e. The molecule has 3 aromatic rings. The molecule has 1 aliphatic heterocycles. The maximum atomic E-state index is 13.4. The van der Waals surface area contributed by atoms with Crippen molar-refractivity contribution in [2.75, 3.05) is 33.4 Å². The highest BCUT2D eigenvalue weighted by Crippen LogP contribution is 2.38. The van der Waals surface area contributed by atoms with Crippen LogP contribution in [0, 0.1) is 5.82 Å². The number of hydrogen-bond acceptors (Lipinski definition) is 5. The highest BCUT2D eigenvalue weighted by atomic mass is 19.1. The summed E-state index contributed by atoms with van der Waals surface area (Å²) in [4.78, 5) is 2.33. The number of phenols is 2. The van der Waals surface area contributed by atoms with Gasteiger partial charge in [0, 0.05) is 12.1 Å². The normalized spacial score (nSPS) is 13.9. The Labute approximate surface area is 215 Å². The molecule has 1 atom stereocenters. The molecule has 0 aliphatic carbocycles. The van der Waals surface area contributed by atoms with Crippen LogP contribution >= 0.6 is 0 Å². The number of aromatic hydroxyl groups is 2. The van der Waals surface area contributed by atoms with E-state index in [9.17, 15) is 4.39 Å². The number of benzene rings is 3. The Balaban J connectivity index is 0.000000204. The molecule has 1 heterocycles. The molecule has 6 heteroatoms. The zero-order valence-electron chi connectivity index (χ0n) is 21.7. The second kappa shape index (κ2) is 16.4. The summed E-state index contributed by atoms with van der Waals surface area (Å²) in [5.74, 6) is 1.14. The number of ether oxygens (including phenoxy) is 2. The van der Waals surface area contributed by atoms with Gasteiger partial charge in [-0.15, -0.1) is 0 Å². The lowest BCUT2D eigenvalue weighted by Gasteiger charge is -2.23. The van der Waals surface area contributed by atoms with Crippen LogP contribution in [-0.4, -0.2) is 48.5 Å². The molecule has 0 aromatic heterocycles. The minimum Gasteiger partial charge on any atom is -0.508 e. The summed E-state index contributed by atoms with van der Waals surface area (Å²) in [6.07, 6.45) is 4.70. The van der Waals surface area contributed by atoms with Gasteiger partial charge in [0.25, 0.3) is 0 Å². The topological polar surface area (TPSA) is 62.2 Å². The number of fused-ring (bicyclic) bond motifs is 1. The standard InChI is InChI=1S/C14H23NO.C10H11FO2.C6H6O/c1-3-4-8-11-15(2)12-13-16-14-9-6-5-7-10-14;1-6-4-5-13-8-3-2-7(12)10(11)9(6)8;7-6-4-2-1-3-5-6/h5-7,9-10H,3-4,8,11-13H2,1-2H3;2-3,6,12H,4-5H2,1H3;1-5,7H/t;6-;/m.0./s1. The monoisotopic (exact) mass is 497 g/mol. The first kappa shape index (κ1) is 29.0. The third kappa shape index (κ3) is 10.6. The van der Waals surface area contributed by atoms with Gasteiger partial charge in [0.1, 0.15) is 23.9 Å². The summed E-state index contributed by atoms with van der Waals surface area (Å²) in [5.41, 5.74) is 0.506. The number of para-hydroxylation sites is 2. The van der Waals surface area contributed by atoms with Gasteiger partial charge in [-0.2, -0.15) is 0 Å². The van der Waals surface area contributed by atoms with Crippen molar-refractivity contribution < 1.29 is 24.1 Å². The number of rotatable bonds is 8. The van der Waals surface area contributed by atoms with E-state index in [0.29, 0.717) is 23.7 Å². The summed E-state index contributed by atoms with van der Waals surface area (Å²) in [6.45, 7) is 7.73. The van der Waals surface area contributed by atoms with Crippen molar-refractivity contribution in [3.05, 3.63) is 84.2 Å². The van der Waals surface area contributed by atoms with Crippen molar-refractivity contribution in [3.63, 3.8) is 0 Å². The molecule has 3 aromatic carbocycles. The first-order chi connectivity index (χ1) is 17.4. The summed E-state index contributed by atoms with van der Waals surface area (Å²) >= 11 is 0. The van der Waals surface area contributed by atoms with E-state index < -0.39 is 5.82 Å². The van der Waals surface area contributed by atoms with Crippen LogP contribution in [0.4, 0.5) is 4.39 Å². The number of hydrogen-bond donors (Lipinski definition) is 2. The number of unbranched alkanes of at least 4 members (excludes halogenated alkanes) is 2. The minimum atomic E-state index is -0.537. The van der Waals surface area contributed by atoms with Crippen LogP contribution in [0.15, 0.2) is 72.8 Å². The lowest BCUT2D eigenvalue weighted by atomic mass is 9.94. The first-order valence-electron chi connectivity index (χ1n) is 12.7. The van der Waals surface area contributed by atoms with Crippen molar-refractivity contribution in [1.82, 2.24) is 4.90 Å². The fourth-order valence-corrected chi connectivity index (χ4v) is 3.65. The van der Waals surface area contributed by atoms with Crippen LogP contribution in [0.5, 0.6) is 23.0 Å². The molecule has 0 spiro atoms. The molecule has 0 saturated heterocycles. The molecule has 0 unspecified atom stereocenters. The molecule has 5 nitrogen and oxygen atoms in total. The van der Waals surface area contributed by atoms with Crippen molar-refractivity contribution in [2.24, 2.45) is 0 Å². The Hall–Kier alpha value is -3.25. The zero-order chi connectivity index (χ0) is 26.2. The molecule has 0 radical (unpaired) electrons. The van der Waals surface area contributed by atoms with Crippen LogP contribution in [0.2, 0.25) is 0 Å². The maximum Gasteiger partial charge on any atom is 0.171 e. The van der Waals surface area contributed by atoms with Gasteiger partial charge in [-0.1, -0.05) is 63.1 Å². The average Bonchev–Trinajstić information content (AvgIpc) is 2.88. The fraction of sp³-hybridized carbons (Fsp3) is 0.400. The number of halogens is 1. The Morgan fingerprint density at radius 3 is 2.22 bits per heavy atom. The second-order valence-corrected chi connectivity index (χ2v) is 8.86. The molecule has 36 heavy (non-hydrogen) atoms. The molecule has 0 bridgehead atoms. The predicted molar refractivity (Wildman–Crippen MR) is 144 cm³/mol. The van der Waals surface area contributed by atoms with Gasteiger partial charge < -0.3 is 24.6 Å². The van der Waals surface area contributed by atoms with Crippen molar-refractivity contribution >= 4 is 0 Å². The third-order valence-corrected chi connectivity index (χ3v) is 5.81. The summed E-state index contributed by atoms with van der Waals surface area (Å²) in [7, 11) is 2.16. The molecular weight excluding hydrogens is 457 g/mol. The molecule has 0 amide bonds. The van der Waals surface area contributed by atoms with Gasteiger partial charge in [-0.25, -0.2) is 4.39 Å². The quantitative estimate of drug-likeness (QED) is 0.328. The van der Waals surface area contributed by atoms with E-state index >= 15 is 0 Å². The minimum absolute atomic E-state index is 0.121. The van der Waals surface area contributed by atoms with Crippen LogP contribution in [0.1, 0.15) is 51.0 Å². The van der Waals surface area contributed by atoms with E-state index in [1.165, 1.54) is 31.9 Å². The highest BCUT2D eigenvalue weighted by Gasteiger charge is 2.23. The molecule has 2 N–H and O–H groups in total. The van der Waals surface area contributed by atoms with Crippen molar-refractivity contribution in [3.8, 4) is 23.0 Å². The SMILES string of the molecule is CCCCCN(C)CCOc1ccccc1.C[C@H]1CCOc2ccc(O)c(F)c21.Oc1ccccc1. The number of phenolic OH excluding ortho intramolecular Hbond substituents is 2. The predicted octanol–water partition coefficient (Wildman–Crippen LogP) is 7.00. The Kier molecular flexibility index (Phi) is 13.2. The lowest BCUT2D eigenvalue weighted by Crippen LogP contribution is -2.25. The van der Waals surface area contributed by atoms with Crippen LogP contribution in [-0.2, 0) is 0 Å². The fourth-order valence-electron chi connectivity index (χ4n) is 3.65. The summed E-state index contributed by atoms with van der Waals surface area (Å²) in [6, 6.07) is 21.7. The molecule has 196 valence electrons. The molecular formula is C30H40FNO4. The van der Waals surface area contributed by atoms with E-state index in [0.717, 1.165) is 25.3 Å². The van der Waals surface area contributed by atoms with Crippen LogP contribution in [0.3, 0.4) is 0 Å². The lowest BCUT2D eigenvalue weighted by molar-refractivity contribution is 0.235. The van der Waals surface area contributed by atoms with Gasteiger partial charge >= 0.3 is 0 Å². The third-order valence-electron chi connectivity index (χ3n) is 5.81. The number of likely N-dealkylation sites (N-methyl/N-ethyl adjacent to an activating group) is 1. The summed E-state index contributed by atoms with van der Waals surface area (Å²) < 4.78 is 24.3. The second-order valence-electron chi connectivity index (χ2n) is 8.86. The Morgan fingerprint density at radius 1 is 0.944 bits per heavy atom. The maximum absolute atomic E-state index is 13.4. The molecule has 1 aliphatic rings. The van der Waals surface area contributed by atoms with E-state index in [-0.39, 0.29) is 11.7 Å². The van der Waals surface area contributed by atoms with E-state index in [1.807, 2.05) is 43.3 Å². The Morgan fingerprint density at radius 2 is 1.61 bits per heavy atom. The van der Waals surface area contributed by atoms with E-state index in [1.54, 1.807) is 30.3 Å². The van der Waals surface area contributed by atoms with Gasteiger partial charge in [-0.05, 0) is 68.8 Å². The smallest absolute Gasteiger partial charge is 0.171 e. The summed E-state index contributed by atoms with van der Waals surface area (Å²) in [5, 5.41) is 17.8. The molecule has 4 rings (SSSR count). The van der Waals surface area contributed by atoms with E-state index in [2.05, 4.69) is 18.9 Å². The molecule has 0 saturated carbocycles. The van der Waals surface area contributed by atoms with Gasteiger partial charge in [-0.3, -0.25) is 0 Å². The van der Waals surface area contributed by atoms with Crippen molar-refractivity contribution in [2.45, 2.75) is 45.4 Å². The van der Waals surface area contributed by atoms with Gasteiger partial charge in [0.15, 0.2) is 11.6 Å². The van der Waals surface area contributed by atoms with Crippen molar-refractivity contribution in [1.29, 1.82) is 0 Å². The Bertz CT molecular complexity index is 985. The van der Waals surface area contributed by atoms with Crippen LogP contribution < -0.4 is 9.47 Å².